The molecule has 0 N–H and O–H groups in total. The Labute approximate surface area is 154 Å². The van der Waals surface area contributed by atoms with Gasteiger partial charge in [0.15, 0.2) is 0 Å². The molecule has 3 rings (SSSR count). The van der Waals surface area contributed by atoms with Crippen molar-refractivity contribution >= 4 is 5.91 Å². The quantitative estimate of drug-likeness (QED) is 0.829. The molecule has 0 saturated carbocycles. The number of hydrogen-bond acceptors (Lipinski definition) is 3. The van der Waals surface area contributed by atoms with Crippen LogP contribution in [0.4, 0.5) is 0 Å². The minimum absolute atomic E-state index is 0.0233. The molecule has 5 heteroatoms. The van der Waals surface area contributed by atoms with Gasteiger partial charge in [0, 0.05) is 12.7 Å². The minimum atomic E-state index is -0.235. The first-order chi connectivity index (χ1) is 12.4. The summed E-state index contributed by atoms with van der Waals surface area (Å²) in [5.74, 6) is 0.847. The maximum absolute atomic E-state index is 12.6. The molecule has 2 aromatic rings. The van der Waals surface area contributed by atoms with E-state index in [1.165, 1.54) is 5.56 Å². The Morgan fingerprint density at radius 3 is 2.62 bits per heavy atom. The van der Waals surface area contributed by atoms with E-state index in [-0.39, 0.29) is 29.1 Å². The lowest BCUT2D eigenvalue weighted by Gasteiger charge is -2.39. The summed E-state index contributed by atoms with van der Waals surface area (Å²) in [5.41, 5.74) is 2.14. The zero-order valence-corrected chi connectivity index (χ0v) is 15.9. The molecule has 1 aliphatic heterocycles. The van der Waals surface area contributed by atoms with E-state index in [1.54, 1.807) is 22.6 Å². The number of aryl methyl sites for hydroxylation is 1. The lowest BCUT2D eigenvalue weighted by Crippen LogP contribution is -2.57. The molecule has 1 fully saturated rings. The Balaban J connectivity index is 1.65. The number of hydrogen-bond donors (Lipinski definition) is 0. The Bertz CT molecular complexity index is 864. The number of ether oxygens (including phenoxy) is 1. The molecule has 5 nitrogen and oxygen atoms in total. The molecule has 1 aromatic heterocycles. The van der Waals surface area contributed by atoms with Crippen molar-refractivity contribution in [2.24, 2.45) is 7.05 Å². The van der Waals surface area contributed by atoms with Crippen LogP contribution in [-0.2, 0) is 13.5 Å². The molecular formula is C21H26N2O3. The standard InChI is InChI=1S/C21H26N2O3/c1-5-15-7-6-8-16(11-15)26-17-12-23(13-17)21(25)18-9-10-19(14(2)3)22(4)20(18)24/h6-11,14,17H,5,12-13H2,1-4H3. The molecular weight excluding hydrogens is 328 g/mol. The van der Waals surface area contributed by atoms with Gasteiger partial charge in [0.05, 0.1) is 13.1 Å². The largest absolute Gasteiger partial charge is 0.487 e. The van der Waals surface area contributed by atoms with Gasteiger partial charge >= 0.3 is 0 Å². The SMILES string of the molecule is CCc1cccc(OC2CN(C(=O)c3ccc(C(C)C)n(C)c3=O)C2)c1. The van der Waals surface area contributed by atoms with E-state index in [4.69, 9.17) is 4.74 Å². The molecule has 1 amide bonds. The van der Waals surface area contributed by atoms with Gasteiger partial charge in [0.25, 0.3) is 11.5 Å². The van der Waals surface area contributed by atoms with Crippen molar-refractivity contribution in [3.63, 3.8) is 0 Å². The van der Waals surface area contributed by atoms with E-state index in [1.807, 2.05) is 38.1 Å². The Kier molecular flexibility index (Phi) is 5.16. The van der Waals surface area contributed by atoms with Crippen LogP contribution in [0.5, 0.6) is 5.75 Å². The zero-order chi connectivity index (χ0) is 18.8. The second-order valence-corrected chi connectivity index (χ2v) is 7.14. The summed E-state index contributed by atoms with van der Waals surface area (Å²) in [5, 5.41) is 0. The summed E-state index contributed by atoms with van der Waals surface area (Å²) in [6.45, 7) is 7.17. The van der Waals surface area contributed by atoms with Gasteiger partial charge in [-0.25, -0.2) is 0 Å². The topological polar surface area (TPSA) is 51.5 Å². The van der Waals surface area contributed by atoms with Crippen LogP contribution < -0.4 is 10.3 Å². The summed E-state index contributed by atoms with van der Waals surface area (Å²) in [7, 11) is 1.72. The van der Waals surface area contributed by atoms with Crippen molar-refractivity contribution in [1.82, 2.24) is 9.47 Å². The second-order valence-electron chi connectivity index (χ2n) is 7.14. The van der Waals surface area contributed by atoms with Crippen LogP contribution in [-0.4, -0.2) is 34.6 Å². The fraction of sp³-hybridized carbons (Fsp3) is 0.429. The molecule has 0 radical (unpaired) electrons. The van der Waals surface area contributed by atoms with Crippen LogP contribution >= 0.6 is 0 Å². The van der Waals surface area contributed by atoms with Crippen molar-refractivity contribution in [2.45, 2.75) is 39.2 Å². The summed E-state index contributed by atoms with van der Waals surface area (Å²) >= 11 is 0. The zero-order valence-electron chi connectivity index (χ0n) is 15.9. The monoisotopic (exact) mass is 354 g/mol. The number of carbonyl (C=O) groups excluding carboxylic acids is 1. The van der Waals surface area contributed by atoms with Crippen molar-refractivity contribution in [3.8, 4) is 5.75 Å². The first-order valence-corrected chi connectivity index (χ1v) is 9.15. The third-order valence-corrected chi connectivity index (χ3v) is 4.91. The van der Waals surface area contributed by atoms with Gasteiger partial charge in [-0.3, -0.25) is 9.59 Å². The second kappa shape index (κ2) is 7.36. The van der Waals surface area contributed by atoms with Gasteiger partial charge in [0.1, 0.15) is 17.4 Å². The minimum Gasteiger partial charge on any atom is -0.487 e. The number of nitrogens with zero attached hydrogens (tertiary/aromatic N) is 2. The third kappa shape index (κ3) is 3.52. The third-order valence-electron chi connectivity index (χ3n) is 4.91. The molecule has 0 unspecified atom stereocenters. The van der Waals surface area contributed by atoms with Crippen LogP contribution in [0.2, 0.25) is 0 Å². The number of aromatic nitrogens is 1. The van der Waals surface area contributed by atoms with Gasteiger partial charge in [-0.05, 0) is 42.2 Å². The lowest BCUT2D eigenvalue weighted by molar-refractivity contribution is 0.0176. The first kappa shape index (κ1) is 18.2. The first-order valence-electron chi connectivity index (χ1n) is 9.15. The van der Waals surface area contributed by atoms with E-state index in [9.17, 15) is 9.59 Å². The van der Waals surface area contributed by atoms with Gasteiger partial charge < -0.3 is 14.2 Å². The molecule has 0 aliphatic carbocycles. The highest BCUT2D eigenvalue weighted by Crippen LogP contribution is 2.21. The molecule has 0 atom stereocenters. The van der Waals surface area contributed by atoms with Gasteiger partial charge in [-0.1, -0.05) is 32.9 Å². The predicted octanol–water partition coefficient (Wildman–Crippen LogP) is 2.97. The Morgan fingerprint density at radius 2 is 1.96 bits per heavy atom. The molecule has 1 aliphatic rings. The normalized spacial score (nSPS) is 14.4. The highest BCUT2D eigenvalue weighted by atomic mass is 16.5. The number of benzene rings is 1. The van der Waals surface area contributed by atoms with E-state index in [0.29, 0.717) is 13.1 Å². The van der Waals surface area contributed by atoms with Crippen molar-refractivity contribution in [2.75, 3.05) is 13.1 Å². The average Bonchev–Trinajstić information content (AvgIpc) is 2.59. The van der Waals surface area contributed by atoms with E-state index in [0.717, 1.165) is 17.9 Å². The maximum Gasteiger partial charge on any atom is 0.263 e. The fourth-order valence-electron chi connectivity index (χ4n) is 3.27. The molecule has 0 bridgehead atoms. The van der Waals surface area contributed by atoms with Gasteiger partial charge in [-0.15, -0.1) is 0 Å². The summed E-state index contributed by atoms with van der Waals surface area (Å²) < 4.78 is 7.51. The van der Waals surface area contributed by atoms with Crippen LogP contribution in [0.1, 0.15) is 48.3 Å². The van der Waals surface area contributed by atoms with Crippen molar-refractivity contribution in [3.05, 3.63) is 63.6 Å². The molecule has 26 heavy (non-hydrogen) atoms. The van der Waals surface area contributed by atoms with Crippen molar-refractivity contribution < 1.29 is 9.53 Å². The van der Waals surface area contributed by atoms with Gasteiger partial charge in [-0.2, -0.15) is 0 Å². The summed E-state index contributed by atoms with van der Waals surface area (Å²) in [6.07, 6.45) is 0.937. The number of rotatable bonds is 5. The Hall–Kier alpha value is -2.56. The van der Waals surface area contributed by atoms with Crippen molar-refractivity contribution in [1.29, 1.82) is 0 Å². The molecule has 2 heterocycles. The fourth-order valence-corrected chi connectivity index (χ4v) is 3.27. The van der Waals surface area contributed by atoms with E-state index in [2.05, 4.69) is 13.0 Å². The lowest BCUT2D eigenvalue weighted by atomic mass is 10.1. The van der Waals surface area contributed by atoms with Crippen LogP contribution in [0.3, 0.4) is 0 Å². The average molecular weight is 354 g/mol. The molecule has 138 valence electrons. The highest BCUT2D eigenvalue weighted by molar-refractivity contribution is 5.94. The molecule has 0 spiro atoms. The molecule has 1 aromatic carbocycles. The summed E-state index contributed by atoms with van der Waals surface area (Å²) in [6, 6.07) is 11.5. The number of carbonyl (C=O) groups is 1. The number of pyridine rings is 1. The Morgan fingerprint density at radius 1 is 1.23 bits per heavy atom. The van der Waals surface area contributed by atoms with E-state index >= 15 is 0 Å². The predicted molar refractivity (Wildman–Crippen MR) is 102 cm³/mol. The van der Waals surface area contributed by atoms with Crippen LogP contribution in [0, 0.1) is 0 Å². The molecule has 1 saturated heterocycles. The van der Waals surface area contributed by atoms with E-state index < -0.39 is 0 Å². The number of amides is 1. The smallest absolute Gasteiger partial charge is 0.263 e. The van der Waals surface area contributed by atoms with Gasteiger partial charge in [0.2, 0.25) is 0 Å². The summed E-state index contributed by atoms with van der Waals surface area (Å²) in [4.78, 5) is 26.8. The van der Waals surface area contributed by atoms with Crippen LogP contribution in [0.25, 0.3) is 0 Å². The van der Waals surface area contributed by atoms with Crippen LogP contribution in [0.15, 0.2) is 41.2 Å². The highest BCUT2D eigenvalue weighted by Gasteiger charge is 2.34. The maximum atomic E-state index is 12.6. The number of likely N-dealkylation sites (tertiary alicyclic amines) is 1.